The van der Waals surface area contributed by atoms with Crippen molar-refractivity contribution in [1.29, 1.82) is 0 Å². The normalized spacial score (nSPS) is 12.3. The Labute approximate surface area is 222 Å². The third-order valence-electron chi connectivity index (χ3n) is 4.77. The Morgan fingerprint density at radius 2 is 1.81 bits per heavy atom. The van der Waals surface area contributed by atoms with Crippen molar-refractivity contribution in [2.75, 3.05) is 29.6 Å². The van der Waals surface area contributed by atoms with E-state index >= 15 is 0 Å². The molecule has 2 aromatic heterocycles. The van der Waals surface area contributed by atoms with Gasteiger partial charge < -0.3 is 10.6 Å². The molecule has 0 aliphatic carbocycles. The lowest BCUT2D eigenvalue weighted by atomic mass is 9.97. The van der Waals surface area contributed by atoms with Gasteiger partial charge in [0.2, 0.25) is 12.3 Å². The van der Waals surface area contributed by atoms with Gasteiger partial charge in [-0.1, -0.05) is 36.8 Å². The Bertz CT molecular complexity index is 1380. The number of nitrogens with zero attached hydrogens (tertiary/aromatic N) is 2. The molecule has 4 rings (SSSR count). The molecule has 1 aromatic carbocycles. The maximum atomic E-state index is 12.7. The Balaban J connectivity index is 0.000000291. The summed E-state index contributed by atoms with van der Waals surface area (Å²) in [5.41, 5.74) is 2.58. The quantitative estimate of drug-likeness (QED) is 0.300. The number of benzene rings is 1. The SMILES string of the molecule is CC.CNc1ccc(N2C(=O)Cc3cc(NC)c(Cl)cc3C2=O)nc1.O=CNS(=O)(=O)c1ccc(F)s1. The van der Waals surface area contributed by atoms with E-state index in [0.29, 0.717) is 39.0 Å². The zero-order chi connectivity index (χ0) is 27.8. The lowest BCUT2D eigenvalue weighted by Crippen LogP contribution is -2.43. The molecule has 198 valence electrons. The fourth-order valence-electron chi connectivity index (χ4n) is 3.09. The summed E-state index contributed by atoms with van der Waals surface area (Å²) in [7, 11) is -0.324. The van der Waals surface area contributed by atoms with Crippen molar-refractivity contribution in [3.63, 3.8) is 0 Å². The van der Waals surface area contributed by atoms with Gasteiger partial charge in [-0.3, -0.25) is 19.1 Å². The molecule has 0 spiro atoms. The van der Waals surface area contributed by atoms with E-state index in [9.17, 15) is 27.2 Å². The van der Waals surface area contributed by atoms with Crippen LogP contribution in [0, 0.1) is 5.13 Å². The molecule has 10 nitrogen and oxygen atoms in total. The van der Waals surface area contributed by atoms with Gasteiger partial charge in [-0.25, -0.2) is 18.3 Å². The van der Waals surface area contributed by atoms with Gasteiger partial charge in [0.1, 0.15) is 10.0 Å². The second-order valence-corrected chi connectivity index (χ2v) is 10.3. The van der Waals surface area contributed by atoms with Crippen LogP contribution in [0.1, 0.15) is 29.8 Å². The number of anilines is 3. The Morgan fingerprint density at radius 3 is 2.32 bits per heavy atom. The molecule has 3 heterocycles. The summed E-state index contributed by atoms with van der Waals surface area (Å²) in [4.78, 5) is 40.2. The number of sulfonamides is 1. The third kappa shape index (κ3) is 7.02. The van der Waals surface area contributed by atoms with Gasteiger partial charge in [0.25, 0.3) is 15.9 Å². The van der Waals surface area contributed by atoms with Gasteiger partial charge in [-0.2, -0.15) is 4.39 Å². The highest BCUT2D eigenvalue weighted by molar-refractivity contribution is 7.92. The van der Waals surface area contributed by atoms with Crippen LogP contribution in [0.4, 0.5) is 21.6 Å². The molecule has 0 unspecified atom stereocenters. The van der Waals surface area contributed by atoms with E-state index in [1.807, 2.05) is 13.8 Å². The molecule has 37 heavy (non-hydrogen) atoms. The molecule has 0 fully saturated rings. The molecule has 0 saturated heterocycles. The smallest absolute Gasteiger partial charge is 0.273 e. The summed E-state index contributed by atoms with van der Waals surface area (Å²) in [6, 6.07) is 8.83. The summed E-state index contributed by atoms with van der Waals surface area (Å²) in [6.45, 7) is 4.00. The minimum Gasteiger partial charge on any atom is -0.387 e. The first-order valence-corrected chi connectivity index (χ1v) is 13.5. The van der Waals surface area contributed by atoms with Gasteiger partial charge in [0.15, 0.2) is 5.13 Å². The number of rotatable bonds is 6. The Kier molecular flexibility index (Phi) is 10.5. The minimum absolute atomic E-state index is 0.0347. The molecule has 0 atom stereocenters. The topological polar surface area (TPSA) is 138 Å². The second kappa shape index (κ2) is 13.1. The van der Waals surface area contributed by atoms with E-state index in [0.717, 1.165) is 22.7 Å². The lowest BCUT2D eigenvalue weighted by Gasteiger charge is -2.26. The number of nitrogens with one attached hydrogen (secondary N) is 3. The predicted molar refractivity (Wildman–Crippen MR) is 142 cm³/mol. The first-order chi connectivity index (χ1) is 17.6. The molecule has 0 saturated carbocycles. The molecule has 1 aliphatic heterocycles. The number of hydrogen-bond acceptors (Lipinski definition) is 9. The number of carbonyl (C=O) groups excluding carboxylic acids is 3. The van der Waals surface area contributed by atoms with Crippen molar-refractivity contribution in [3.8, 4) is 0 Å². The molecule has 3 aromatic rings. The fraction of sp³-hybridized carbons (Fsp3) is 0.217. The number of aromatic nitrogens is 1. The highest BCUT2D eigenvalue weighted by atomic mass is 35.5. The van der Waals surface area contributed by atoms with Crippen LogP contribution in [-0.4, -0.2) is 45.7 Å². The summed E-state index contributed by atoms with van der Waals surface area (Å²) < 4.78 is 35.6. The summed E-state index contributed by atoms with van der Waals surface area (Å²) in [5.74, 6) is -0.416. The van der Waals surface area contributed by atoms with E-state index in [1.54, 1.807) is 49.3 Å². The zero-order valence-corrected chi connectivity index (χ0v) is 22.7. The summed E-state index contributed by atoms with van der Waals surface area (Å²) >= 11 is 6.61. The van der Waals surface area contributed by atoms with Crippen molar-refractivity contribution in [2.45, 2.75) is 24.5 Å². The summed E-state index contributed by atoms with van der Waals surface area (Å²) in [6.07, 6.45) is 1.73. The van der Waals surface area contributed by atoms with E-state index < -0.39 is 21.1 Å². The Morgan fingerprint density at radius 1 is 1.11 bits per heavy atom. The predicted octanol–water partition coefficient (Wildman–Crippen LogP) is 3.90. The van der Waals surface area contributed by atoms with Crippen molar-refractivity contribution in [2.24, 2.45) is 0 Å². The highest BCUT2D eigenvalue weighted by Gasteiger charge is 2.33. The average molecular weight is 570 g/mol. The van der Waals surface area contributed by atoms with E-state index in [-0.39, 0.29) is 22.9 Å². The number of carbonyl (C=O) groups is 3. The number of fused-ring (bicyclic) bond motifs is 1. The standard InChI is InChI=1S/C16H15ClN4O2.C5H4FNO3S2.C2H6/c1-18-10-3-4-14(20-8-10)21-15(22)6-9-5-13(19-2)12(17)7-11(9)16(21)23;6-4-1-2-5(11-4)12(9,10)7-3-8;1-2/h3-5,7-8,18-19H,6H2,1-2H3;1-3H,(H,7,8);1-2H3. The van der Waals surface area contributed by atoms with Gasteiger partial charge >= 0.3 is 0 Å². The van der Waals surface area contributed by atoms with Gasteiger partial charge in [0, 0.05) is 19.7 Å². The molecule has 3 amide bonds. The maximum Gasteiger partial charge on any atom is 0.273 e. The molecular formula is C23H25ClFN5O5S2. The number of thiophene rings is 1. The number of imide groups is 1. The molecular weight excluding hydrogens is 545 g/mol. The average Bonchev–Trinajstić information content (AvgIpc) is 3.34. The van der Waals surface area contributed by atoms with Crippen LogP contribution in [0.5, 0.6) is 0 Å². The van der Waals surface area contributed by atoms with Gasteiger partial charge in [0.05, 0.1) is 29.0 Å². The van der Waals surface area contributed by atoms with Crippen molar-refractivity contribution < 1.29 is 27.2 Å². The molecule has 14 heteroatoms. The van der Waals surface area contributed by atoms with Crippen molar-refractivity contribution >= 4 is 68.4 Å². The Hall–Kier alpha value is -3.55. The van der Waals surface area contributed by atoms with Crippen LogP contribution >= 0.6 is 22.9 Å². The van der Waals surface area contributed by atoms with Crippen molar-refractivity contribution in [1.82, 2.24) is 9.71 Å². The van der Waals surface area contributed by atoms with Crippen LogP contribution in [0.2, 0.25) is 5.02 Å². The first kappa shape index (κ1) is 29.7. The number of hydrogen-bond donors (Lipinski definition) is 3. The largest absolute Gasteiger partial charge is 0.387 e. The monoisotopic (exact) mass is 569 g/mol. The number of halogens is 2. The summed E-state index contributed by atoms with van der Waals surface area (Å²) in [5, 5.41) is 5.71. The molecule has 3 N–H and O–H groups in total. The van der Waals surface area contributed by atoms with Gasteiger partial charge in [-0.15, -0.1) is 0 Å². The van der Waals surface area contributed by atoms with Crippen LogP contribution in [-0.2, 0) is 26.0 Å². The second-order valence-electron chi connectivity index (χ2n) is 6.90. The van der Waals surface area contributed by atoms with E-state index in [2.05, 4.69) is 15.6 Å². The molecule has 0 radical (unpaired) electrons. The van der Waals surface area contributed by atoms with Crippen LogP contribution < -0.4 is 20.3 Å². The van der Waals surface area contributed by atoms with E-state index in [4.69, 9.17) is 11.6 Å². The number of amides is 3. The fourth-order valence-corrected chi connectivity index (χ4v) is 5.13. The van der Waals surface area contributed by atoms with E-state index in [1.165, 1.54) is 0 Å². The zero-order valence-electron chi connectivity index (χ0n) is 20.3. The molecule has 1 aliphatic rings. The van der Waals surface area contributed by atoms with Crippen LogP contribution in [0.25, 0.3) is 0 Å². The number of pyridine rings is 1. The third-order valence-corrected chi connectivity index (χ3v) is 7.73. The van der Waals surface area contributed by atoms with Crippen molar-refractivity contribution in [3.05, 3.63) is 63.9 Å². The van der Waals surface area contributed by atoms with Crippen LogP contribution in [0.15, 0.2) is 46.8 Å². The molecule has 0 bridgehead atoms. The first-order valence-electron chi connectivity index (χ1n) is 10.8. The lowest BCUT2D eigenvalue weighted by molar-refractivity contribution is -0.117. The maximum absolute atomic E-state index is 12.7. The van der Waals surface area contributed by atoms with Gasteiger partial charge in [-0.05, 0) is 42.0 Å². The van der Waals surface area contributed by atoms with Crippen LogP contribution in [0.3, 0.4) is 0 Å². The highest BCUT2D eigenvalue weighted by Crippen LogP contribution is 2.31. The minimum atomic E-state index is -3.83.